The van der Waals surface area contributed by atoms with E-state index in [0.29, 0.717) is 5.92 Å². The lowest BCUT2D eigenvalue weighted by Gasteiger charge is -2.64. The second-order valence-corrected chi connectivity index (χ2v) is 7.72. The highest BCUT2D eigenvalue weighted by atomic mass is 16.6. The SMILES string of the molecule is CC(=O)[C@@](C)(O)[C@@H]1N=C2C[C@@H]3C[C@@H](C3(C)C)[C@@]2(C)OC1=O. The fourth-order valence-corrected chi connectivity index (χ4v) is 4.27. The summed E-state index contributed by atoms with van der Waals surface area (Å²) in [5.41, 5.74) is -1.51. The van der Waals surface area contributed by atoms with Crippen molar-refractivity contribution in [3.63, 3.8) is 0 Å². The van der Waals surface area contributed by atoms with E-state index in [1.807, 2.05) is 6.92 Å². The molecule has 2 bridgehead atoms. The molecular weight excluding hydrogens is 270 g/mol. The molecule has 0 amide bonds. The molecule has 4 rings (SSSR count). The minimum atomic E-state index is -1.80. The molecule has 5 nitrogen and oxygen atoms in total. The molecule has 0 saturated heterocycles. The number of esters is 1. The van der Waals surface area contributed by atoms with Gasteiger partial charge in [-0.05, 0) is 44.9 Å². The Kier molecular flexibility index (Phi) is 2.76. The summed E-state index contributed by atoms with van der Waals surface area (Å²) in [6.45, 7) is 8.94. The largest absolute Gasteiger partial charge is 0.451 e. The Bertz CT molecular complexity index is 563. The molecule has 0 radical (unpaired) electrons. The van der Waals surface area contributed by atoms with Gasteiger partial charge in [0.1, 0.15) is 0 Å². The summed E-state index contributed by atoms with van der Waals surface area (Å²) in [5, 5.41) is 10.3. The summed E-state index contributed by atoms with van der Waals surface area (Å²) >= 11 is 0. The van der Waals surface area contributed by atoms with Crippen LogP contribution in [-0.2, 0) is 14.3 Å². The minimum Gasteiger partial charge on any atom is -0.451 e. The van der Waals surface area contributed by atoms with E-state index in [-0.39, 0.29) is 11.3 Å². The first kappa shape index (κ1) is 14.7. The maximum Gasteiger partial charge on any atom is 0.335 e. The number of aliphatic imine (C=N–C) groups is 1. The van der Waals surface area contributed by atoms with Crippen LogP contribution in [0, 0.1) is 17.3 Å². The maximum absolute atomic E-state index is 12.3. The molecule has 21 heavy (non-hydrogen) atoms. The van der Waals surface area contributed by atoms with Crippen LogP contribution in [0.4, 0.5) is 0 Å². The Morgan fingerprint density at radius 3 is 2.57 bits per heavy atom. The summed E-state index contributed by atoms with van der Waals surface area (Å²) in [5.74, 6) is -0.273. The van der Waals surface area contributed by atoms with Gasteiger partial charge in [-0.15, -0.1) is 0 Å². The predicted octanol–water partition coefficient (Wildman–Crippen LogP) is 1.52. The number of ketones is 1. The van der Waals surface area contributed by atoms with Crippen molar-refractivity contribution in [3.8, 4) is 0 Å². The van der Waals surface area contributed by atoms with Crippen molar-refractivity contribution < 1.29 is 19.4 Å². The third kappa shape index (κ3) is 1.70. The second kappa shape index (κ2) is 3.94. The number of Topliss-reactive ketones (excluding diaryl/α,β-unsaturated/α-hetero) is 1. The number of hydrogen-bond acceptors (Lipinski definition) is 5. The quantitative estimate of drug-likeness (QED) is 0.783. The molecule has 3 saturated carbocycles. The van der Waals surface area contributed by atoms with Crippen LogP contribution in [0.2, 0.25) is 0 Å². The first-order chi connectivity index (χ1) is 9.51. The molecule has 1 N–H and O–H groups in total. The zero-order chi connectivity index (χ0) is 15.8. The van der Waals surface area contributed by atoms with Crippen molar-refractivity contribution in [1.29, 1.82) is 0 Å². The van der Waals surface area contributed by atoms with Gasteiger partial charge in [0, 0.05) is 5.92 Å². The highest BCUT2D eigenvalue weighted by Crippen LogP contribution is 2.63. The normalized spacial score (nSPS) is 42.9. The van der Waals surface area contributed by atoms with E-state index in [4.69, 9.17) is 4.74 Å². The van der Waals surface area contributed by atoms with E-state index in [0.717, 1.165) is 18.6 Å². The smallest absolute Gasteiger partial charge is 0.335 e. The molecular formula is C16H23NO4. The van der Waals surface area contributed by atoms with Gasteiger partial charge in [0.2, 0.25) is 0 Å². The number of aliphatic hydroxyl groups is 1. The number of rotatable bonds is 2. The zero-order valence-electron chi connectivity index (χ0n) is 13.3. The molecule has 5 atom stereocenters. The number of hydrogen-bond donors (Lipinski definition) is 1. The molecule has 0 unspecified atom stereocenters. The molecule has 0 spiro atoms. The fraction of sp³-hybridized carbons (Fsp3) is 0.812. The Balaban J connectivity index is 2.01. The molecule has 0 aromatic carbocycles. The van der Waals surface area contributed by atoms with Crippen LogP contribution in [0.1, 0.15) is 47.5 Å². The van der Waals surface area contributed by atoms with Crippen LogP contribution >= 0.6 is 0 Å². The lowest BCUT2D eigenvalue weighted by molar-refractivity contribution is -0.193. The van der Waals surface area contributed by atoms with E-state index >= 15 is 0 Å². The van der Waals surface area contributed by atoms with Crippen molar-refractivity contribution >= 4 is 17.5 Å². The Morgan fingerprint density at radius 1 is 1.43 bits per heavy atom. The minimum absolute atomic E-state index is 0.143. The van der Waals surface area contributed by atoms with E-state index in [1.54, 1.807) is 0 Å². The average molecular weight is 293 g/mol. The Hall–Kier alpha value is -1.23. The molecule has 1 heterocycles. The number of nitrogens with zero attached hydrogens (tertiary/aromatic N) is 1. The number of carbonyl (C=O) groups excluding carboxylic acids is 2. The lowest BCUT2D eigenvalue weighted by Crippen LogP contribution is -2.69. The van der Waals surface area contributed by atoms with Crippen LogP contribution in [-0.4, -0.2) is 39.8 Å². The third-order valence-corrected chi connectivity index (χ3v) is 6.21. The molecule has 0 aromatic heterocycles. The van der Waals surface area contributed by atoms with Crippen molar-refractivity contribution in [2.75, 3.05) is 0 Å². The average Bonchev–Trinajstić information content (AvgIpc) is 2.35. The van der Waals surface area contributed by atoms with Crippen LogP contribution in [0.3, 0.4) is 0 Å². The highest BCUT2D eigenvalue weighted by molar-refractivity contribution is 6.03. The van der Waals surface area contributed by atoms with Crippen LogP contribution in [0.25, 0.3) is 0 Å². The van der Waals surface area contributed by atoms with Crippen molar-refractivity contribution in [2.45, 2.75) is 64.7 Å². The Labute approximate surface area is 124 Å². The standard InChI is InChI=1S/C16H23NO4/c1-8(18)15(4,20)12-13(19)21-16(5)10-6-9(14(10,2)3)7-11(16)17-12/h9-10,12,20H,6-7H2,1-5H3/t9-,10-,12+,15+,16+/m0/s1. The first-order valence-electron chi connectivity index (χ1n) is 7.54. The zero-order valence-corrected chi connectivity index (χ0v) is 13.3. The summed E-state index contributed by atoms with van der Waals surface area (Å²) in [7, 11) is 0. The van der Waals surface area contributed by atoms with Crippen molar-refractivity contribution in [2.24, 2.45) is 22.2 Å². The third-order valence-electron chi connectivity index (χ3n) is 6.21. The summed E-state index contributed by atoms with van der Waals surface area (Å²) in [6.07, 6.45) is 1.82. The fourth-order valence-electron chi connectivity index (χ4n) is 4.27. The Morgan fingerprint density at radius 2 is 2.05 bits per heavy atom. The van der Waals surface area contributed by atoms with Gasteiger partial charge in [-0.2, -0.15) is 0 Å². The van der Waals surface area contributed by atoms with Gasteiger partial charge in [0.25, 0.3) is 0 Å². The van der Waals surface area contributed by atoms with Gasteiger partial charge in [0.15, 0.2) is 23.0 Å². The summed E-state index contributed by atoms with van der Waals surface area (Å²) in [4.78, 5) is 28.4. The van der Waals surface area contributed by atoms with Gasteiger partial charge in [-0.3, -0.25) is 9.79 Å². The molecule has 5 heteroatoms. The van der Waals surface area contributed by atoms with E-state index in [2.05, 4.69) is 18.8 Å². The molecule has 4 aliphatic rings. The number of carbonyl (C=O) groups is 2. The topological polar surface area (TPSA) is 76.0 Å². The molecule has 1 aliphatic heterocycles. The monoisotopic (exact) mass is 293 g/mol. The summed E-state index contributed by atoms with van der Waals surface area (Å²) in [6, 6.07) is -1.14. The number of ether oxygens (including phenoxy) is 1. The van der Waals surface area contributed by atoms with Gasteiger partial charge >= 0.3 is 5.97 Å². The van der Waals surface area contributed by atoms with Crippen molar-refractivity contribution in [3.05, 3.63) is 0 Å². The van der Waals surface area contributed by atoms with Crippen LogP contribution < -0.4 is 0 Å². The van der Waals surface area contributed by atoms with Crippen molar-refractivity contribution in [1.82, 2.24) is 0 Å². The van der Waals surface area contributed by atoms with E-state index in [1.165, 1.54) is 13.8 Å². The van der Waals surface area contributed by atoms with E-state index < -0.39 is 29.0 Å². The molecule has 0 aromatic rings. The van der Waals surface area contributed by atoms with Gasteiger partial charge in [-0.25, -0.2) is 4.79 Å². The highest BCUT2D eigenvalue weighted by Gasteiger charge is 2.66. The van der Waals surface area contributed by atoms with E-state index in [9.17, 15) is 14.7 Å². The predicted molar refractivity (Wildman–Crippen MR) is 77.0 cm³/mol. The summed E-state index contributed by atoms with van der Waals surface area (Å²) < 4.78 is 5.73. The maximum atomic E-state index is 12.3. The molecule has 116 valence electrons. The lowest BCUT2D eigenvalue weighted by atomic mass is 9.43. The second-order valence-electron chi connectivity index (χ2n) is 7.72. The first-order valence-corrected chi connectivity index (χ1v) is 7.54. The molecule has 3 fully saturated rings. The van der Waals surface area contributed by atoms with Gasteiger partial charge in [-0.1, -0.05) is 13.8 Å². The van der Waals surface area contributed by atoms with Crippen LogP contribution in [0.5, 0.6) is 0 Å². The van der Waals surface area contributed by atoms with Crippen LogP contribution in [0.15, 0.2) is 4.99 Å². The van der Waals surface area contributed by atoms with Gasteiger partial charge < -0.3 is 9.84 Å². The van der Waals surface area contributed by atoms with Gasteiger partial charge in [0.05, 0.1) is 5.71 Å². The molecule has 3 aliphatic carbocycles.